The van der Waals surface area contributed by atoms with Gasteiger partial charge in [0.25, 0.3) is 7.82 Å². The maximum absolute atomic E-state index is 13.6. The number of allylic oxidation sites excluding steroid dienone is 13. The van der Waals surface area contributed by atoms with Crippen molar-refractivity contribution in [1.82, 2.24) is 5.32 Å². The summed E-state index contributed by atoms with van der Waals surface area (Å²) in [7, 11) is 1.19. The van der Waals surface area contributed by atoms with Crippen LogP contribution in [-0.4, -0.2) is 69.4 Å². The van der Waals surface area contributed by atoms with Crippen molar-refractivity contribution >= 4 is 19.7 Å². The zero-order chi connectivity index (χ0) is 67.0. The number of esters is 1. The fraction of sp³-hybridized carbons (Fsp3) is 0.805. The van der Waals surface area contributed by atoms with E-state index in [4.69, 9.17) is 13.8 Å². The van der Waals surface area contributed by atoms with Crippen LogP contribution in [0.4, 0.5) is 0 Å². The van der Waals surface area contributed by atoms with Gasteiger partial charge in [-0.2, -0.15) is 0 Å². The van der Waals surface area contributed by atoms with Crippen LogP contribution < -0.4 is 10.2 Å². The first-order valence-electron chi connectivity index (χ1n) is 39.4. The van der Waals surface area contributed by atoms with Crippen molar-refractivity contribution in [2.24, 2.45) is 0 Å². The summed E-state index contributed by atoms with van der Waals surface area (Å²) < 4.78 is 30.5. The van der Waals surface area contributed by atoms with Gasteiger partial charge in [-0.3, -0.25) is 14.2 Å². The summed E-state index contributed by atoms with van der Waals surface area (Å²) in [6.07, 6.45) is 95.8. The van der Waals surface area contributed by atoms with Crippen LogP contribution in [0.2, 0.25) is 0 Å². The number of likely N-dealkylation sites (N-methyl/N-ethyl adjacent to an activating group) is 1. The van der Waals surface area contributed by atoms with Crippen molar-refractivity contribution in [2.75, 3.05) is 40.9 Å². The normalized spacial score (nSPS) is 13.9. The SMILES string of the molecule is CCCCC/C=C\C/C=C\C/C=C\C/C=C\CCCCCCCCCCCCCC(=O)NC(COP(=O)([O-])OCC[N+](C)(C)C)C(/C=C/CCCCCCCCCCCC)OC(=O)CCCCCCCCCCCCCCCCCCC/C=C\C/C=C\CCCCC. The highest BCUT2D eigenvalue weighted by Crippen LogP contribution is 2.38. The summed E-state index contributed by atoms with van der Waals surface area (Å²) in [5.74, 6) is -0.531. The molecule has 92 heavy (non-hydrogen) atoms. The molecule has 10 heteroatoms. The highest BCUT2D eigenvalue weighted by molar-refractivity contribution is 7.45. The van der Waals surface area contributed by atoms with Crippen LogP contribution in [0, 0.1) is 0 Å². The van der Waals surface area contributed by atoms with Crippen molar-refractivity contribution in [2.45, 2.75) is 386 Å². The van der Waals surface area contributed by atoms with Gasteiger partial charge in [-0.25, -0.2) is 0 Å². The number of quaternary nitrogens is 1. The maximum Gasteiger partial charge on any atom is 0.306 e. The van der Waals surface area contributed by atoms with Gasteiger partial charge in [0.1, 0.15) is 19.3 Å². The second-order valence-electron chi connectivity index (χ2n) is 27.9. The fourth-order valence-electron chi connectivity index (χ4n) is 11.5. The number of ether oxygens (including phenoxy) is 1. The van der Waals surface area contributed by atoms with Gasteiger partial charge >= 0.3 is 5.97 Å². The number of hydrogen-bond acceptors (Lipinski definition) is 7. The Bertz CT molecular complexity index is 1850. The average Bonchev–Trinajstić information content (AvgIpc) is 3.69. The number of carbonyl (C=O) groups is 2. The van der Waals surface area contributed by atoms with Gasteiger partial charge < -0.3 is 28.5 Å². The molecule has 1 N–H and O–H groups in total. The largest absolute Gasteiger partial charge is 0.756 e. The Hall–Kier alpha value is -2.81. The summed E-state index contributed by atoms with van der Waals surface area (Å²) in [6.45, 7) is 6.83. The molecule has 0 fully saturated rings. The lowest BCUT2D eigenvalue weighted by Crippen LogP contribution is -2.47. The molecule has 0 heterocycles. The molecule has 0 saturated carbocycles. The number of phosphoric ester groups is 1. The third kappa shape index (κ3) is 71.5. The Kier molecular flexibility index (Phi) is 68.8. The molecular weight excluding hydrogens is 1160 g/mol. The number of nitrogens with one attached hydrogen (secondary N) is 1. The molecule has 0 aliphatic carbocycles. The van der Waals surface area contributed by atoms with E-state index in [0.717, 1.165) is 89.9 Å². The first-order valence-corrected chi connectivity index (χ1v) is 40.9. The molecule has 0 spiro atoms. The maximum atomic E-state index is 13.6. The summed E-state index contributed by atoms with van der Waals surface area (Å²) in [6, 6.07) is -0.894. The predicted octanol–water partition coefficient (Wildman–Crippen LogP) is 25.0. The van der Waals surface area contributed by atoms with Gasteiger partial charge in [0.2, 0.25) is 5.91 Å². The van der Waals surface area contributed by atoms with Gasteiger partial charge in [-0.1, -0.05) is 337 Å². The third-order valence-corrected chi connectivity index (χ3v) is 18.5. The number of amides is 1. The predicted molar refractivity (Wildman–Crippen MR) is 399 cm³/mol. The minimum absolute atomic E-state index is 0.0240. The van der Waals surface area contributed by atoms with E-state index < -0.39 is 20.0 Å². The molecule has 0 radical (unpaired) electrons. The highest BCUT2D eigenvalue weighted by atomic mass is 31.2. The minimum atomic E-state index is -4.71. The van der Waals surface area contributed by atoms with E-state index in [-0.39, 0.29) is 31.5 Å². The van der Waals surface area contributed by atoms with Crippen LogP contribution in [0.25, 0.3) is 0 Å². The van der Waals surface area contributed by atoms with Crippen molar-refractivity contribution in [3.05, 3.63) is 85.1 Å². The van der Waals surface area contributed by atoms with Crippen molar-refractivity contribution in [3.8, 4) is 0 Å². The summed E-state index contributed by atoms with van der Waals surface area (Å²) in [5.41, 5.74) is 0. The summed E-state index contributed by atoms with van der Waals surface area (Å²) >= 11 is 0. The van der Waals surface area contributed by atoms with Crippen LogP contribution in [-0.2, 0) is 27.9 Å². The molecule has 0 rings (SSSR count). The molecule has 0 aromatic carbocycles. The number of nitrogens with zero attached hydrogens (tertiary/aromatic N) is 1. The van der Waals surface area contributed by atoms with E-state index >= 15 is 0 Å². The number of hydrogen-bond donors (Lipinski definition) is 1. The molecule has 0 bridgehead atoms. The lowest BCUT2D eigenvalue weighted by atomic mass is 10.0. The quantitative estimate of drug-likeness (QED) is 0.0212. The number of rotatable bonds is 72. The van der Waals surface area contributed by atoms with E-state index in [1.807, 2.05) is 33.3 Å². The van der Waals surface area contributed by atoms with Crippen molar-refractivity contribution in [1.29, 1.82) is 0 Å². The Balaban J connectivity index is 4.93. The van der Waals surface area contributed by atoms with E-state index in [2.05, 4.69) is 99.0 Å². The fourth-order valence-corrected chi connectivity index (χ4v) is 12.2. The van der Waals surface area contributed by atoms with Crippen LogP contribution >= 0.6 is 7.82 Å². The second-order valence-corrected chi connectivity index (χ2v) is 29.3. The molecule has 536 valence electrons. The monoisotopic (exact) mass is 1310 g/mol. The molecule has 0 aliphatic rings. The molecule has 0 aromatic rings. The molecule has 3 unspecified atom stereocenters. The van der Waals surface area contributed by atoms with E-state index in [9.17, 15) is 19.0 Å². The van der Waals surface area contributed by atoms with E-state index in [1.54, 1.807) is 0 Å². The Morgan fingerprint density at radius 1 is 0.380 bits per heavy atom. The van der Waals surface area contributed by atoms with Gasteiger partial charge in [0.15, 0.2) is 0 Å². The van der Waals surface area contributed by atoms with Crippen molar-refractivity contribution in [3.63, 3.8) is 0 Å². The Morgan fingerprint density at radius 2 is 0.663 bits per heavy atom. The highest BCUT2D eigenvalue weighted by Gasteiger charge is 2.27. The first-order chi connectivity index (χ1) is 44.9. The van der Waals surface area contributed by atoms with Crippen LogP contribution in [0.1, 0.15) is 374 Å². The van der Waals surface area contributed by atoms with Crippen LogP contribution in [0.5, 0.6) is 0 Å². The second kappa shape index (κ2) is 71.0. The summed E-state index contributed by atoms with van der Waals surface area (Å²) in [5, 5.41) is 3.05. The number of unbranched alkanes of at least 4 members (excludes halogenated alkanes) is 44. The van der Waals surface area contributed by atoms with E-state index in [1.165, 1.54) is 250 Å². The lowest BCUT2D eigenvalue weighted by Gasteiger charge is -2.30. The number of phosphoric acid groups is 1. The van der Waals surface area contributed by atoms with Gasteiger partial charge in [0.05, 0.1) is 33.8 Å². The van der Waals surface area contributed by atoms with E-state index in [0.29, 0.717) is 17.4 Å². The van der Waals surface area contributed by atoms with Gasteiger partial charge in [-0.05, 0) is 109 Å². The molecule has 0 aliphatic heterocycles. The smallest absolute Gasteiger partial charge is 0.306 e. The Labute approximate surface area is 571 Å². The first kappa shape index (κ1) is 89.2. The molecule has 1 amide bonds. The minimum Gasteiger partial charge on any atom is -0.756 e. The molecule has 9 nitrogen and oxygen atoms in total. The zero-order valence-corrected chi connectivity index (χ0v) is 62.4. The van der Waals surface area contributed by atoms with Crippen molar-refractivity contribution < 1.29 is 37.3 Å². The molecular formula is C82H151N2O7P. The Morgan fingerprint density at radius 3 is 1.01 bits per heavy atom. The molecule has 0 aromatic heterocycles. The lowest BCUT2D eigenvalue weighted by molar-refractivity contribution is -0.870. The van der Waals surface area contributed by atoms with Crippen LogP contribution in [0.15, 0.2) is 85.1 Å². The van der Waals surface area contributed by atoms with Gasteiger partial charge in [0, 0.05) is 12.8 Å². The van der Waals surface area contributed by atoms with Crippen LogP contribution in [0.3, 0.4) is 0 Å². The number of carbonyl (C=O) groups excluding carboxylic acids is 2. The molecule has 3 atom stereocenters. The average molecular weight is 1310 g/mol. The topological polar surface area (TPSA) is 114 Å². The standard InChI is InChI=1S/C82H151N2O7P/c1-7-10-13-16-19-22-25-28-30-32-34-36-38-40-42-44-46-48-50-52-54-56-59-62-65-68-71-74-81(85)83-79(78-90-92(87,88)89-77-76-84(4,5)6)80(73-70-67-64-61-58-27-24-21-18-15-12-9-3)91-82(86)75-72-69-66-63-60-57-55-53-51-49-47-45-43-41-39-37-35-33-31-29-26-23-20-17-14-11-8-2/h19-20,22-23,28-31,34,36,40,42,70,73,79-80H,7-18,21,24-27,32-33,35,37-39,41,43-69,71-72,74-78H2,1-6H3,(H-,83,85,87,88)/b22-19-,23-20-,30-28-,31-29-,36-34-,42-40-,73-70+. The summed E-state index contributed by atoms with van der Waals surface area (Å²) in [4.78, 5) is 40.3. The molecule has 0 saturated heterocycles. The zero-order valence-electron chi connectivity index (χ0n) is 61.5. The van der Waals surface area contributed by atoms with Gasteiger partial charge in [-0.15, -0.1) is 0 Å². The third-order valence-electron chi connectivity index (χ3n) is 17.5.